The van der Waals surface area contributed by atoms with E-state index < -0.39 is 0 Å². The third-order valence-corrected chi connectivity index (χ3v) is 4.89. The van der Waals surface area contributed by atoms with Crippen molar-refractivity contribution in [3.05, 3.63) is 23.8 Å². The van der Waals surface area contributed by atoms with Crippen molar-refractivity contribution in [2.45, 2.75) is 38.3 Å². The molecule has 1 aromatic rings. The Bertz CT molecular complexity index is 674. The van der Waals surface area contributed by atoms with Gasteiger partial charge < -0.3 is 25.0 Å². The molecule has 3 aliphatic rings. The highest BCUT2D eigenvalue weighted by atomic mass is 16.7. The normalized spacial score (nSPS) is 21.8. The summed E-state index contributed by atoms with van der Waals surface area (Å²) in [4.78, 5) is 26.4. The molecule has 0 aromatic heterocycles. The second kappa shape index (κ2) is 6.82. The number of fused-ring (bicyclic) bond motifs is 1. The van der Waals surface area contributed by atoms with Crippen molar-refractivity contribution in [1.82, 2.24) is 15.5 Å². The van der Waals surface area contributed by atoms with Crippen LogP contribution in [0.15, 0.2) is 18.2 Å². The number of piperidine rings is 1. The zero-order valence-corrected chi connectivity index (χ0v) is 14.1. The fourth-order valence-corrected chi connectivity index (χ4v) is 3.25. The third-order valence-electron chi connectivity index (χ3n) is 4.89. The zero-order chi connectivity index (χ0) is 17.2. The van der Waals surface area contributed by atoms with Crippen molar-refractivity contribution in [3.63, 3.8) is 0 Å². The van der Waals surface area contributed by atoms with E-state index in [2.05, 4.69) is 10.6 Å². The van der Waals surface area contributed by atoms with Crippen LogP contribution in [0.25, 0.3) is 0 Å². The van der Waals surface area contributed by atoms with Gasteiger partial charge in [-0.15, -0.1) is 0 Å². The van der Waals surface area contributed by atoms with Crippen LogP contribution in [0.3, 0.4) is 0 Å². The lowest BCUT2D eigenvalue weighted by atomic mass is 9.97. The summed E-state index contributed by atoms with van der Waals surface area (Å²) in [6.07, 6.45) is 3.82. The molecule has 1 aromatic carbocycles. The summed E-state index contributed by atoms with van der Waals surface area (Å²) in [5, 5.41) is 5.97. The molecule has 4 rings (SSSR count). The fourth-order valence-electron chi connectivity index (χ4n) is 3.25. The number of nitrogens with one attached hydrogen (secondary N) is 2. The van der Waals surface area contributed by atoms with Crippen molar-refractivity contribution >= 4 is 11.9 Å². The standard InChI is InChI=1S/C18H23N3O4/c22-17(19-9-12-3-6-15-16(8-12)25-11-24-15)13-2-1-7-21(10-13)18(23)20-14-4-5-14/h3,6,8,13-14H,1-2,4-5,7,9-11H2,(H,19,22)(H,20,23). The molecule has 2 fully saturated rings. The topological polar surface area (TPSA) is 79.9 Å². The van der Waals surface area contributed by atoms with E-state index in [1.165, 1.54) is 0 Å². The summed E-state index contributed by atoms with van der Waals surface area (Å²) < 4.78 is 10.6. The number of rotatable bonds is 4. The lowest BCUT2D eigenvalue weighted by Gasteiger charge is -2.32. The van der Waals surface area contributed by atoms with Crippen molar-refractivity contribution < 1.29 is 19.1 Å². The van der Waals surface area contributed by atoms with Crippen LogP contribution in [0.4, 0.5) is 4.79 Å². The fraction of sp³-hybridized carbons (Fsp3) is 0.556. The number of likely N-dealkylation sites (tertiary alicyclic amines) is 1. The van der Waals surface area contributed by atoms with Crippen LogP contribution in [0, 0.1) is 5.92 Å². The van der Waals surface area contributed by atoms with Crippen LogP contribution in [0.2, 0.25) is 0 Å². The lowest BCUT2D eigenvalue weighted by Crippen LogP contribution is -2.49. The van der Waals surface area contributed by atoms with E-state index in [0.717, 1.165) is 43.5 Å². The maximum Gasteiger partial charge on any atom is 0.317 e. The van der Waals surface area contributed by atoms with Gasteiger partial charge in [-0.2, -0.15) is 0 Å². The van der Waals surface area contributed by atoms with Crippen molar-refractivity contribution in [2.24, 2.45) is 5.92 Å². The molecular formula is C18H23N3O4. The Morgan fingerprint density at radius 1 is 1.16 bits per heavy atom. The minimum Gasteiger partial charge on any atom is -0.454 e. The smallest absolute Gasteiger partial charge is 0.317 e. The number of ether oxygens (including phenoxy) is 2. The molecule has 0 radical (unpaired) electrons. The zero-order valence-electron chi connectivity index (χ0n) is 14.1. The first-order valence-corrected chi connectivity index (χ1v) is 8.91. The van der Waals surface area contributed by atoms with Crippen molar-refractivity contribution in [3.8, 4) is 11.5 Å². The number of hydrogen-bond donors (Lipinski definition) is 2. The predicted octanol–water partition coefficient (Wildman–Crippen LogP) is 1.62. The molecule has 134 valence electrons. The summed E-state index contributed by atoms with van der Waals surface area (Å²) in [6, 6.07) is 5.97. The molecule has 7 heteroatoms. The Morgan fingerprint density at radius 2 is 2.00 bits per heavy atom. The molecule has 1 aliphatic carbocycles. The number of nitrogens with zero attached hydrogens (tertiary/aromatic N) is 1. The molecule has 1 atom stereocenters. The average Bonchev–Trinajstić information content (AvgIpc) is 3.33. The number of carbonyl (C=O) groups excluding carboxylic acids is 2. The molecule has 7 nitrogen and oxygen atoms in total. The maximum atomic E-state index is 12.5. The Labute approximate surface area is 146 Å². The first kappa shape index (κ1) is 16.1. The Hall–Kier alpha value is -2.44. The van der Waals surface area contributed by atoms with Gasteiger partial charge in [0, 0.05) is 25.7 Å². The number of amides is 3. The van der Waals surface area contributed by atoms with Gasteiger partial charge >= 0.3 is 6.03 Å². The second-order valence-corrected chi connectivity index (χ2v) is 6.91. The minimum atomic E-state index is -0.146. The van der Waals surface area contributed by atoms with Gasteiger partial charge in [-0.25, -0.2) is 4.79 Å². The molecule has 1 unspecified atom stereocenters. The number of hydrogen-bond acceptors (Lipinski definition) is 4. The van der Waals surface area contributed by atoms with Crippen LogP contribution in [0.5, 0.6) is 11.5 Å². The van der Waals surface area contributed by atoms with Gasteiger partial charge in [-0.3, -0.25) is 4.79 Å². The average molecular weight is 345 g/mol. The van der Waals surface area contributed by atoms with Gasteiger partial charge in [0.1, 0.15) is 0 Å². The molecule has 25 heavy (non-hydrogen) atoms. The molecule has 2 aliphatic heterocycles. The van der Waals surface area contributed by atoms with E-state index in [1.807, 2.05) is 18.2 Å². The van der Waals surface area contributed by atoms with Crippen LogP contribution < -0.4 is 20.1 Å². The molecule has 0 spiro atoms. The van der Waals surface area contributed by atoms with Gasteiger partial charge in [-0.05, 0) is 43.4 Å². The highest BCUT2D eigenvalue weighted by molar-refractivity contribution is 5.81. The van der Waals surface area contributed by atoms with E-state index in [-0.39, 0.29) is 24.6 Å². The van der Waals surface area contributed by atoms with E-state index >= 15 is 0 Å². The summed E-state index contributed by atoms with van der Waals surface area (Å²) >= 11 is 0. The Morgan fingerprint density at radius 3 is 2.84 bits per heavy atom. The molecule has 2 heterocycles. The Kier molecular flexibility index (Phi) is 4.38. The van der Waals surface area contributed by atoms with Crippen molar-refractivity contribution in [1.29, 1.82) is 0 Å². The molecular weight excluding hydrogens is 322 g/mol. The van der Waals surface area contributed by atoms with E-state index in [1.54, 1.807) is 4.90 Å². The van der Waals surface area contributed by atoms with Gasteiger partial charge in [-0.1, -0.05) is 6.07 Å². The van der Waals surface area contributed by atoms with Crippen LogP contribution in [0.1, 0.15) is 31.2 Å². The SMILES string of the molecule is O=C(NCc1ccc2c(c1)OCO2)C1CCCN(C(=O)NC2CC2)C1. The molecule has 1 saturated heterocycles. The first-order chi connectivity index (χ1) is 12.2. The Balaban J connectivity index is 1.29. The minimum absolute atomic E-state index is 0.00147. The molecule has 2 N–H and O–H groups in total. The van der Waals surface area contributed by atoms with Gasteiger partial charge in [0.05, 0.1) is 5.92 Å². The van der Waals surface area contributed by atoms with Crippen LogP contribution in [-0.2, 0) is 11.3 Å². The van der Waals surface area contributed by atoms with E-state index in [9.17, 15) is 9.59 Å². The number of urea groups is 1. The van der Waals surface area contributed by atoms with Gasteiger partial charge in [0.15, 0.2) is 11.5 Å². The summed E-state index contributed by atoms with van der Waals surface area (Å²) in [6.45, 7) is 1.90. The van der Waals surface area contributed by atoms with Gasteiger partial charge in [0.25, 0.3) is 0 Å². The van der Waals surface area contributed by atoms with Crippen LogP contribution in [-0.4, -0.2) is 42.8 Å². The van der Waals surface area contributed by atoms with Gasteiger partial charge in [0.2, 0.25) is 12.7 Å². The van der Waals surface area contributed by atoms with E-state index in [0.29, 0.717) is 24.9 Å². The van der Waals surface area contributed by atoms with Crippen LogP contribution >= 0.6 is 0 Å². The summed E-state index contributed by atoms with van der Waals surface area (Å²) in [7, 11) is 0. The molecule has 0 bridgehead atoms. The summed E-state index contributed by atoms with van der Waals surface area (Å²) in [5.74, 6) is 1.31. The first-order valence-electron chi connectivity index (χ1n) is 8.91. The van der Waals surface area contributed by atoms with Crippen molar-refractivity contribution in [2.75, 3.05) is 19.9 Å². The largest absolute Gasteiger partial charge is 0.454 e. The second-order valence-electron chi connectivity index (χ2n) is 6.91. The number of benzene rings is 1. The third kappa shape index (κ3) is 3.81. The number of carbonyl (C=O) groups is 2. The highest BCUT2D eigenvalue weighted by Gasteiger charge is 2.31. The monoisotopic (exact) mass is 345 g/mol. The lowest BCUT2D eigenvalue weighted by molar-refractivity contribution is -0.126. The molecule has 1 saturated carbocycles. The highest BCUT2D eigenvalue weighted by Crippen LogP contribution is 2.32. The summed E-state index contributed by atoms with van der Waals surface area (Å²) in [5.41, 5.74) is 0.969. The molecule has 3 amide bonds. The maximum absolute atomic E-state index is 12.5. The van der Waals surface area contributed by atoms with E-state index in [4.69, 9.17) is 9.47 Å². The predicted molar refractivity (Wildman–Crippen MR) is 90.3 cm³/mol. The quantitative estimate of drug-likeness (QED) is 0.869.